The van der Waals surface area contributed by atoms with Crippen molar-refractivity contribution in [2.45, 2.75) is 38.1 Å². The molecule has 4 rings (SSSR count). The van der Waals surface area contributed by atoms with Crippen LogP contribution in [0.2, 0.25) is 0 Å². The number of aromatic nitrogens is 2. The fourth-order valence-corrected chi connectivity index (χ4v) is 5.07. The van der Waals surface area contributed by atoms with Crippen LogP contribution in [-0.4, -0.2) is 72.1 Å². The maximum atomic E-state index is 13.5. The number of nitrogens with zero attached hydrogens (tertiary/aromatic N) is 2. The first-order chi connectivity index (χ1) is 19.7. The number of hydrogen-bond donors (Lipinski definition) is 5. The van der Waals surface area contributed by atoms with Crippen LogP contribution in [0.15, 0.2) is 42.5 Å². The minimum atomic E-state index is -1.19. The van der Waals surface area contributed by atoms with Crippen LogP contribution in [0.1, 0.15) is 41.9 Å². The summed E-state index contributed by atoms with van der Waals surface area (Å²) in [6, 6.07) is 11.1. The van der Waals surface area contributed by atoms with Gasteiger partial charge in [-0.25, -0.2) is 9.78 Å². The van der Waals surface area contributed by atoms with E-state index in [1.807, 2.05) is 6.07 Å². The second-order valence-electron chi connectivity index (χ2n) is 10.4. The molecule has 12 nitrogen and oxygen atoms in total. The topological polar surface area (TPSA) is 180 Å². The Hall–Kier alpha value is -4.29. The van der Waals surface area contributed by atoms with Crippen molar-refractivity contribution in [2.24, 2.45) is 17.6 Å². The second kappa shape index (κ2) is 13.4. The third kappa shape index (κ3) is 7.47. The first-order valence-corrected chi connectivity index (χ1v) is 13.6. The summed E-state index contributed by atoms with van der Waals surface area (Å²) in [6.45, 7) is 0.536. The number of rotatable bonds is 11. The van der Waals surface area contributed by atoms with E-state index in [1.54, 1.807) is 43.4 Å². The monoisotopic (exact) mass is 564 g/mol. The van der Waals surface area contributed by atoms with Crippen molar-refractivity contribution in [3.8, 4) is 0 Å². The number of nitrogens with one attached hydrogen (secondary N) is 3. The van der Waals surface area contributed by atoms with Gasteiger partial charge in [-0.15, -0.1) is 0 Å². The van der Waals surface area contributed by atoms with Gasteiger partial charge in [0.15, 0.2) is 0 Å². The highest BCUT2D eigenvalue weighted by Crippen LogP contribution is 2.28. The summed E-state index contributed by atoms with van der Waals surface area (Å²) in [5.41, 5.74) is 8.50. The molecule has 0 bridgehead atoms. The highest BCUT2D eigenvalue weighted by molar-refractivity contribution is 5.99. The summed E-state index contributed by atoms with van der Waals surface area (Å²) in [5, 5.41) is 15.0. The van der Waals surface area contributed by atoms with Gasteiger partial charge >= 0.3 is 5.97 Å². The van der Waals surface area contributed by atoms with Gasteiger partial charge in [-0.2, -0.15) is 0 Å². The number of benzene rings is 2. The molecular formula is C29H36N6O6. The number of likely N-dealkylation sites (N-methyl/N-ethyl adjacent to an activating group) is 1. The fourth-order valence-electron chi connectivity index (χ4n) is 5.07. The van der Waals surface area contributed by atoms with Crippen LogP contribution in [0.25, 0.3) is 11.0 Å². The predicted molar refractivity (Wildman–Crippen MR) is 154 cm³/mol. The molecule has 12 heteroatoms. The third-order valence-corrected chi connectivity index (χ3v) is 7.52. The van der Waals surface area contributed by atoms with Crippen LogP contribution in [0, 0.1) is 11.8 Å². The quantitative estimate of drug-likeness (QED) is 0.235. The van der Waals surface area contributed by atoms with Gasteiger partial charge in [0.25, 0.3) is 5.91 Å². The number of carboxylic acids is 1. The molecule has 218 valence electrons. The lowest BCUT2D eigenvalue weighted by Crippen LogP contribution is -2.48. The number of carbonyl (C=O) groups excluding carboxylic acids is 3. The molecule has 1 unspecified atom stereocenters. The molecule has 1 atom stereocenters. The van der Waals surface area contributed by atoms with E-state index in [0.29, 0.717) is 47.7 Å². The highest BCUT2D eigenvalue weighted by atomic mass is 16.5. The molecule has 1 heterocycles. The lowest BCUT2D eigenvalue weighted by Gasteiger charge is -2.28. The molecule has 6 N–H and O–H groups in total. The number of amides is 3. The molecule has 0 aliphatic heterocycles. The van der Waals surface area contributed by atoms with Gasteiger partial charge in [-0.1, -0.05) is 12.1 Å². The molecule has 1 fully saturated rings. The van der Waals surface area contributed by atoms with Crippen molar-refractivity contribution in [3.05, 3.63) is 53.9 Å². The van der Waals surface area contributed by atoms with E-state index in [-0.39, 0.29) is 36.6 Å². The zero-order valence-corrected chi connectivity index (χ0v) is 23.2. The molecule has 3 aromatic rings. The van der Waals surface area contributed by atoms with Gasteiger partial charge in [0.2, 0.25) is 17.6 Å². The van der Waals surface area contributed by atoms with E-state index in [4.69, 9.17) is 10.5 Å². The van der Waals surface area contributed by atoms with E-state index in [2.05, 4.69) is 20.6 Å². The second-order valence-corrected chi connectivity index (χ2v) is 10.4. The lowest BCUT2D eigenvalue weighted by molar-refractivity contribution is -0.130. The first-order valence-electron chi connectivity index (χ1n) is 13.6. The largest absolute Gasteiger partial charge is 0.475 e. The molecule has 2 aromatic carbocycles. The molecule has 0 radical (unpaired) electrons. The van der Waals surface area contributed by atoms with Crippen molar-refractivity contribution in [3.63, 3.8) is 0 Å². The maximum Gasteiger partial charge on any atom is 0.371 e. The number of H-pyrrole nitrogens is 1. The Labute approximate surface area is 237 Å². The van der Waals surface area contributed by atoms with Crippen LogP contribution in [0.3, 0.4) is 0 Å². The number of methoxy groups -OCH3 is 1. The van der Waals surface area contributed by atoms with E-state index in [1.165, 1.54) is 12.0 Å². The van der Waals surface area contributed by atoms with Crippen molar-refractivity contribution >= 4 is 46.1 Å². The molecule has 1 saturated carbocycles. The number of hydrogen-bond acceptors (Lipinski definition) is 7. The van der Waals surface area contributed by atoms with Gasteiger partial charge in [0.05, 0.1) is 11.0 Å². The molecule has 3 amide bonds. The van der Waals surface area contributed by atoms with Crippen LogP contribution < -0.4 is 21.3 Å². The number of nitrogens with two attached hydrogens (primary N) is 1. The molecule has 1 aliphatic carbocycles. The van der Waals surface area contributed by atoms with Gasteiger partial charge in [0, 0.05) is 37.9 Å². The first kappa shape index (κ1) is 29.7. The summed E-state index contributed by atoms with van der Waals surface area (Å²) in [4.78, 5) is 58.6. The molecule has 41 heavy (non-hydrogen) atoms. The number of fused-ring (bicyclic) bond motifs is 1. The summed E-state index contributed by atoms with van der Waals surface area (Å²) < 4.78 is 4.95. The summed E-state index contributed by atoms with van der Waals surface area (Å²) in [5.74, 6) is -2.02. The van der Waals surface area contributed by atoms with Crippen molar-refractivity contribution in [1.29, 1.82) is 0 Å². The summed E-state index contributed by atoms with van der Waals surface area (Å²) >= 11 is 0. The van der Waals surface area contributed by atoms with E-state index >= 15 is 0 Å². The Morgan fingerprint density at radius 3 is 2.59 bits per heavy atom. The van der Waals surface area contributed by atoms with E-state index in [0.717, 1.165) is 18.4 Å². The predicted octanol–water partition coefficient (Wildman–Crippen LogP) is 2.30. The van der Waals surface area contributed by atoms with E-state index < -0.39 is 17.9 Å². The van der Waals surface area contributed by atoms with Gasteiger partial charge in [0.1, 0.15) is 12.6 Å². The summed E-state index contributed by atoms with van der Waals surface area (Å²) in [6.07, 6.45) is 3.36. The van der Waals surface area contributed by atoms with Crippen LogP contribution in [0.5, 0.6) is 0 Å². The smallest absolute Gasteiger partial charge is 0.371 e. The molecule has 1 aromatic heterocycles. The standard InChI is InChI=1S/C29H36N6O6/c1-35(25(36)16-41-2)21-5-3-4-18(12-21)13-24(34-27(37)19-8-6-17(15-30)7-9-19)28(38)31-20-10-11-22-23(14-20)33-26(32-22)29(39)40/h3-5,10-12,14,17,19,24H,6-9,13,15-16,30H2,1-2H3,(H,31,38)(H,32,33)(H,34,37)(H,39,40). The van der Waals surface area contributed by atoms with Crippen molar-refractivity contribution in [1.82, 2.24) is 15.3 Å². The van der Waals surface area contributed by atoms with Crippen molar-refractivity contribution in [2.75, 3.05) is 37.5 Å². The Morgan fingerprint density at radius 1 is 1.15 bits per heavy atom. The number of aromatic amines is 1. The number of ether oxygens (including phenoxy) is 1. The number of carbonyl (C=O) groups is 4. The minimum Gasteiger partial charge on any atom is -0.475 e. The highest BCUT2D eigenvalue weighted by Gasteiger charge is 2.29. The average Bonchev–Trinajstić information content (AvgIpc) is 3.41. The van der Waals surface area contributed by atoms with Gasteiger partial charge < -0.3 is 36.1 Å². The Balaban J connectivity index is 1.54. The number of anilines is 2. The molecule has 0 spiro atoms. The molecule has 0 saturated heterocycles. The SMILES string of the molecule is COCC(=O)N(C)c1cccc(CC(NC(=O)C2CCC(CN)CC2)C(=O)Nc2ccc3[nH]c(C(=O)O)nc3c2)c1. The zero-order chi connectivity index (χ0) is 29.5. The zero-order valence-electron chi connectivity index (χ0n) is 23.2. The maximum absolute atomic E-state index is 13.5. The normalized spacial score (nSPS) is 17.5. The molecular weight excluding hydrogens is 528 g/mol. The van der Waals surface area contributed by atoms with Crippen LogP contribution in [-0.2, 0) is 25.5 Å². The Kier molecular flexibility index (Phi) is 9.69. The Bertz CT molecular complexity index is 1410. The van der Waals surface area contributed by atoms with Crippen LogP contribution >= 0.6 is 0 Å². The minimum absolute atomic E-state index is 0.0669. The van der Waals surface area contributed by atoms with E-state index in [9.17, 15) is 24.3 Å². The number of imidazole rings is 1. The van der Waals surface area contributed by atoms with Gasteiger partial charge in [-0.3, -0.25) is 14.4 Å². The van der Waals surface area contributed by atoms with Gasteiger partial charge in [-0.05, 0) is 74.0 Å². The average molecular weight is 565 g/mol. The summed E-state index contributed by atoms with van der Waals surface area (Å²) in [7, 11) is 3.09. The number of aromatic carboxylic acids is 1. The fraction of sp³-hybridized carbons (Fsp3) is 0.414. The van der Waals surface area contributed by atoms with Crippen LogP contribution in [0.4, 0.5) is 11.4 Å². The Morgan fingerprint density at radius 2 is 1.90 bits per heavy atom. The third-order valence-electron chi connectivity index (χ3n) is 7.52. The van der Waals surface area contributed by atoms with Crippen molar-refractivity contribution < 1.29 is 29.0 Å². The number of carboxylic acid groups (broad SMARTS) is 1. The lowest BCUT2D eigenvalue weighted by atomic mass is 9.81. The molecule has 1 aliphatic rings.